The monoisotopic (exact) mass is 482 g/mol. The first kappa shape index (κ1) is 26.1. The fourth-order valence-electron chi connectivity index (χ4n) is 4.22. The SMILES string of the molecule is COc1cc([C@@H]2/C(=C(\O)c3ccc(OC(C)C)c(C)c3)C(=O)C(=O)N2CCCN(C)C)ccc1O. The van der Waals surface area contributed by atoms with Crippen LogP contribution in [-0.4, -0.2) is 72.1 Å². The summed E-state index contributed by atoms with van der Waals surface area (Å²) in [6.45, 7) is 6.77. The second-order valence-electron chi connectivity index (χ2n) is 9.23. The standard InChI is InChI=1S/C27H34N2O6/c1-16(2)35-21-11-9-19(14-17(21)3)25(31)23-24(18-8-10-20(30)22(15-18)34-6)29(27(33)26(23)32)13-7-12-28(4)5/h8-11,14-16,24,30-31H,7,12-13H2,1-6H3/b25-23+/t24-/m1/s1. The molecule has 0 aromatic heterocycles. The molecule has 188 valence electrons. The van der Waals surface area contributed by atoms with Crippen molar-refractivity contribution in [1.82, 2.24) is 9.80 Å². The van der Waals surface area contributed by atoms with E-state index < -0.39 is 17.7 Å². The van der Waals surface area contributed by atoms with Crippen molar-refractivity contribution in [3.8, 4) is 17.2 Å². The van der Waals surface area contributed by atoms with Crippen molar-refractivity contribution in [2.24, 2.45) is 0 Å². The van der Waals surface area contributed by atoms with Gasteiger partial charge in [0.1, 0.15) is 11.5 Å². The smallest absolute Gasteiger partial charge is 0.295 e. The van der Waals surface area contributed by atoms with Crippen molar-refractivity contribution < 1.29 is 29.3 Å². The summed E-state index contributed by atoms with van der Waals surface area (Å²) in [4.78, 5) is 29.8. The fraction of sp³-hybridized carbons (Fsp3) is 0.407. The first-order valence-electron chi connectivity index (χ1n) is 11.6. The number of phenolic OH excluding ortho intramolecular Hbond substituents is 1. The number of phenols is 1. The average Bonchev–Trinajstić information content (AvgIpc) is 3.05. The van der Waals surface area contributed by atoms with E-state index in [2.05, 4.69) is 0 Å². The Balaban J connectivity index is 2.12. The van der Waals surface area contributed by atoms with Crippen molar-refractivity contribution in [2.75, 3.05) is 34.3 Å². The maximum Gasteiger partial charge on any atom is 0.295 e. The molecule has 1 aliphatic rings. The van der Waals surface area contributed by atoms with Crippen LogP contribution in [0.1, 0.15) is 43.0 Å². The maximum atomic E-state index is 13.2. The summed E-state index contributed by atoms with van der Waals surface area (Å²) in [5, 5.41) is 21.4. The fourth-order valence-corrected chi connectivity index (χ4v) is 4.22. The van der Waals surface area contributed by atoms with Crippen LogP contribution in [0.15, 0.2) is 42.0 Å². The molecule has 0 radical (unpaired) electrons. The number of benzene rings is 2. The van der Waals surface area contributed by atoms with Crippen LogP contribution in [0.2, 0.25) is 0 Å². The number of rotatable bonds is 9. The van der Waals surface area contributed by atoms with Gasteiger partial charge in [-0.3, -0.25) is 9.59 Å². The van der Waals surface area contributed by atoms with Crippen LogP contribution in [0.25, 0.3) is 5.76 Å². The summed E-state index contributed by atoms with van der Waals surface area (Å²) in [5.41, 5.74) is 1.78. The van der Waals surface area contributed by atoms with Gasteiger partial charge in [-0.05, 0) is 89.3 Å². The number of carbonyl (C=O) groups is 2. The third kappa shape index (κ3) is 5.59. The van der Waals surface area contributed by atoms with E-state index in [0.29, 0.717) is 29.8 Å². The molecule has 8 heteroatoms. The number of aliphatic hydroxyl groups excluding tert-OH is 1. The number of methoxy groups -OCH3 is 1. The van der Waals surface area contributed by atoms with Crippen LogP contribution in [-0.2, 0) is 9.59 Å². The van der Waals surface area contributed by atoms with Gasteiger partial charge in [0, 0.05) is 12.1 Å². The minimum absolute atomic E-state index is 0.00419. The average molecular weight is 483 g/mol. The highest BCUT2D eigenvalue weighted by atomic mass is 16.5. The molecule has 8 nitrogen and oxygen atoms in total. The van der Waals surface area contributed by atoms with E-state index in [1.165, 1.54) is 18.1 Å². The number of hydrogen-bond acceptors (Lipinski definition) is 7. The molecule has 0 aliphatic carbocycles. The lowest BCUT2D eigenvalue weighted by Crippen LogP contribution is -2.32. The highest BCUT2D eigenvalue weighted by Gasteiger charge is 2.46. The molecule has 1 fully saturated rings. The van der Waals surface area contributed by atoms with Gasteiger partial charge in [-0.15, -0.1) is 0 Å². The van der Waals surface area contributed by atoms with Gasteiger partial charge in [-0.2, -0.15) is 0 Å². The van der Waals surface area contributed by atoms with Gasteiger partial charge in [0.2, 0.25) is 0 Å². The van der Waals surface area contributed by atoms with Crippen LogP contribution in [0.5, 0.6) is 17.2 Å². The number of Topliss-reactive ketones (excluding diaryl/α,β-unsaturated/α-hetero) is 1. The lowest BCUT2D eigenvalue weighted by Gasteiger charge is -2.26. The quantitative estimate of drug-likeness (QED) is 0.318. The normalized spacial score (nSPS) is 17.5. The van der Waals surface area contributed by atoms with Gasteiger partial charge < -0.3 is 29.5 Å². The number of nitrogens with zero attached hydrogens (tertiary/aromatic N) is 2. The van der Waals surface area contributed by atoms with Crippen LogP contribution in [0.3, 0.4) is 0 Å². The van der Waals surface area contributed by atoms with Crippen molar-refractivity contribution in [1.29, 1.82) is 0 Å². The summed E-state index contributed by atoms with van der Waals surface area (Å²) in [5.74, 6) is -0.830. The number of amides is 1. The second kappa shape index (κ2) is 10.8. The number of aryl methyl sites for hydroxylation is 1. The van der Waals surface area contributed by atoms with E-state index in [0.717, 1.165) is 12.1 Å². The summed E-state index contributed by atoms with van der Waals surface area (Å²) in [7, 11) is 5.30. The predicted molar refractivity (Wildman–Crippen MR) is 134 cm³/mol. The third-order valence-corrected chi connectivity index (χ3v) is 5.87. The Morgan fingerprint density at radius 2 is 1.83 bits per heavy atom. The Morgan fingerprint density at radius 3 is 2.43 bits per heavy atom. The maximum absolute atomic E-state index is 13.2. The minimum Gasteiger partial charge on any atom is -0.507 e. The zero-order valence-corrected chi connectivity index (χ0v) is 21.2. The molecule has 0 spiro atoms. The third-order valence-electron chi connectivity index (χ3n) is 5.87. The van der Waals surface area contributed by atoms with Gasteiger partial charge in [-0.25, -0.2) is 0 Å². The molecule has 1 saturated heterocycles. The van der Waals surface area contributed by atoms with Crippen LogP contribution < -0.4 is 9.47 Å². The number of aliphatic hydroxyl groups is 1. The van der Waals surface area contributed by atoms with Crippen molar-refractivity contribution in [3.05, 3.63) is 58.7 Å². The van der Waals surface area contributed by atoms with E-state index in [1.807, 2.05) is 39.8 Å². The van der Waals surface area contributed by atoms with E-state index in [9.17, 15) is 19.8 Å². The zero-order chi connectivity index (χ0) is 25.9. The van der Waals surface area contributed by atoms with Gasteiger partial charge in [-0.1, -0.05) is 6.07 Å². The molecule has 35 heavy (non-hydrogen) atoms. The van der Waals surface area contributed by atoms with E-state index in [-0.39, 0.29) is 28.9 Å². The second-order valence-corrected chi connectivity index (χ2v) is 9.23. The lowest BCUT2D eigenvalue weighted by molar-refractivity contribution is -0.139. The van der Waals surface area contributed by atoms with Crippen molar-refractivity contribution in [2.45, 2.75) is 39.3 Å². The molecular formula is C27H34N2O6. The summed E-state index contributed by atoms with van der Waals surface area (Å²) in [6, 6.07) is 9.01. The van der Waals surface area contributed by atoms with Crippen molar-refractivity contribution >= 4 is 17.4 Å². The molecule has 0 unspecified atom stereocenters. The number of carbonyl (C=O) groups excluding carboxylic acids is 2. The Labute approximate surface area is 206 Å². The molecule has 1 amide bonds. The molecule has 1 heterocycles. The van der Waals surface area contributed by atoms with Crippen molar-refractivity contribution in [3.63, 3.8) is 0 Å². The number of likely N-dealkylation sites (tertiary alicyclic amines) is 1. The van der Waals surface area contributed by atoms with Crippen LogP contribution in [0.4, 0.5) is 0 Å². The predicted octanol–water partition coefficient (Wildman–Crippen LogP) is 3.87. The van der Waals surface area contributed by atoms with E-state index >= 15 is 0 Å². The summed E-state index contributed by atoms with van der Waals surface area (Å²) >= 11 is 0. The molecule has 1 aliphatic heterocycles. The molecule has 3 rings (SSSR count). The largest absolute Gasteiger partial charge is 0.507 e. The van der Waals surface area contributed by atoms with E-state index in [1.54, 1.807) is 30.3 Å². The Kier molecular flexibility index (Phi) is 8.07. The molecule has 0 bridgehead atoms. The Hall–Kier alpha value is -3.52. The van der Waals surface area contributed by atoms with E-state index in [4.69, 9.17) is 9.47 Å². The minimum atomic E-state index is -0.821. The summed E-state index contributed by atoms with van der Waals surface area (Å²) in [6.07, 6.45) is 0.636. The zero-order valence-electron chi connectivity index (χ0n) is 21.2. The molecular weight excluding hydrogens is 448 g/mol. The first-order chi connectivity index (χ1) is 16.5. The number of ketones is 1. The van der Waals surface area contributed by atoms with Gasteiger partial charge in [0.05, 0.1) is 24.8 Å². The Morgan fingerprint density at radius 1 is 1.11 bits per heavy atom. The topological polar surface area (TPSA) is 99.5 Å². The first-order valence-corrected chi connectivity index (χ1v) is 11.6. The molecule has 1 atom stereocenters. The lowest BCUT2D eigenvalue weighted by atomic mass is 9.94. The highest BCUT2D eigenvalue weighted by molar-refractivity contribution is 6.46. The van der Waals surface area contributed by atoms with Crippen LogP contribution in [0, 0.1) is 6.92 Å². The number of aromatic hydroxyl groups is 1. The molecule has 2 aromatic carbocycles. The Bertz CT molecular complexity index is 1140. The molecule has 0 saturated carbocycles. The van der Waals surface area contributed by atoms with Gasteiger partial charge in [0.15, 0.2) is 11.5 Å². The molecule has 2 aromatic rings. The van der Waals surface area contributed by atoms with Gasteiger partial charge in [0.25, 0.3) is 11.7 Å². The highest BCUT2D eigenvalue weighted by Crippen LogP contribution is 2.42. The summed E-state index contributed by atoms with van der Waals surface area (Å²) < 4.78 is 11.0. The molecule has 2 N–H and O–H groups in total. The number of hydrogen-bond donors (Lipinski definition) is 2. The van der Waals surface area contributed by atoms with Crippen LogP contribution >= 0.6 is 0 Å². The van der Waals surface area contributed by atoms with Gasteiger partial charge >= 0.3 is 0 Å². The number of ether oxygens (including phenoxy) is 2.